The maximum Gasteiger partial charge on any atom is 0.410 e. The molecule has 1 unspecified atom stereocenters. The summed E-state index contributed by atoms with van der Waals surface area (Å²) in [5.74, 6) is 1.29. The van der Waals surface area contributed by atoms with E-state index in [2.05, 4.69) is 16.3 Å². The van der Waals surface area contributed by atoms with Crippen LogP contribution >= 0.6 is 0 Å². The van der Waals surface area contributed by atoms with Gasteiger partial charge in [0.1, 0.15) is 23.8 Å². The summed E-state index contributed by atoms with van der Waals surface area (Å²) in [5, 5.41) is 13.9. The summed E-state index contributed by atoms with van der Waals surface area (Å²) < 4.78 is 11.8. The number of anilines is 1. The van der Waals surface area contributed by atoms with Gasteiger partial charge < -0.3 is 29.7 Å². The molecule has 9 nitrogen and oxygen atoms in total. The zero-order valence-electron chi connectivity index (χ0n) is 24.2. The Morgan fingerprint density at radius 3 is 2.70 bits per heavy atom. The molecule has 3 heterocycles. The lowest BCUT2D eigenvalue weighted by Gasteiger charge is -2.43. The molecule has 2 fully saturated rings. The molecular weight excluding hydrogens is 506 g/mol. The van der Waals surface area contributed by atoms with Gasteiger partial charge in [-0.05, 0) is 102 Å². The molecule has 0 saturated carbocycles. The first-order valence-corrected chi connectivity index (χ1v) is 15.0. The van der Waals surface area contributed by atoms with Gasteiger partial charge in [-0.2, -0.15) is 9.97 Å². The Hall–Kier alpha value is -3.07. The number of ether oxygens (including phenoxy) is 2. The monoisotopic (exact) mass is 549 g/mol. The van der Waals surface area contributed by atoms with Crippen molar-refractivity contribution in [2.24, 2.45) is 0 Å². The number of hydrogen-bond donors (Lipinski definition) is 2. The average molecular weight is 550 g/mol. The van der Waals surface area contributed by atoms with Gasteiger partial charge >= 0.3 is 12.1 Å². The van der Waals surface area contributed by atoms with Crippen molar-refractivity contribution >= 4 is 11.9 Å². The zero-order chi connectivity index (χ0) is 27.9. The van der Waals surface area contributed by atoms with Crippen molar-refractivity contribution in [3.05, 3.63) is 40.6 Å². The fourth-order valence-corrected chi connectivity index (χ4v) is 6.97. The highest BCUT2D eigenvalue weighted by Gasteiger charge is 2.42. The highest BCUT2D eigenvalue weighted by Crippen LogP contribution is 2.48. The predicted octanol–water partition coefficient (Wildman–Crippen LogP) is 4.13. The topological polar surface area (TPSA) is 100 Å². The lowest BCUT2D eigenvalue weighted by Crippen LogP contribution is -2.50. The van der Waals surface area contributed by atoms with Gasteiger partial charge in [0.2, 0.25) is 0 Å². The first kappa shape index (κ1) is 27.1. The van der Waals surface area contributed by atoms with Crippen LogP contribution in [0.2, 0.25) is 0 Å². The number of phenols is 1. The summed E-state index contributed by atoms with van der Waals surface area (Å²) in [6, 6.07) is 6.68. The standard InChI is InChI=1S/C31H43N5O4/c1-30(2,3)40-29(38)36-16-14-35(15-17-36)27-24-10-12-31(11-4-6-21-8-9-23(37)18-25(21)31)19-26(24)33-28(34-27)39-20-22-7-5-13-32-22/h8-9,18,22,32,37H,4-7,10-17,19-20H2,1-3H3/t22-,31?/m0/s1. The number of phenolic OH excluding ortho intramolecular Hbond substituents is 1. The lowest BCUT2D eigenvalue weighted by molar-refractivity contribution is 0.0240. The molecule has 4 aliphatic rings. The number of carbonyl (C=O) groups excluding carboxylic acids is 1. The van der Waals surface area contributed by atoms with Gasteiger partial charge in [0, 0.05) is 43.2 Å². The first-order valence-electron chi connectivity index (χ1n) is 15.0. The molecule has 1 aromatic heterocycles. The van der Waals surface area contributed by atoms with Crippen LogP contribution in [0, 0.1) is 0 Å². The number of aryl methyl sites for hydroxylation is 1. The van der Waals surface area contributed by atoms with Crippen molar-refractivity contribution in [1.29, 1.82) is 0 Å². The summed E-state index contributed by atoms with van der Waals surface area (Å²) in [4.78, 5) is 26.8. The van der Waals surface area contributed by atoms with Crippen LogP contribution in [0.5, 0.6) is 11.8 Å². The second-order valence-corrected chi connectivity index (χ2v) is 13.0. The normalized spacial score (nSPS) is 24.5. The van der Waals surface area contributed by atoms with Gasteiger partial charge in [0.25, 0.3) is 0 Å². The Labute approximate surface area is 237 Å². The van der Waals surface area contributed by atoms with Crippen molar-refractivity contribution in [2.45, 2.75) is 89.2 Å². The maximum absolute atomic E-state index is 12.7. The third-order valence-electron chi connectivity index (χ3n) is 8.98. The number of nitrogens with one attached hydrogen (secondary N) is 1. The maximum atomic E-state index is 12.7. The SMILES string of the molecule is CC(C)(C)OC(=O)N1CCN(c2nc(OC[C@@H]3CCCN3)nc3c2CCC2(CCCc4ccc(O)cc42)C3)CC1. The number of amides is 1. The largest absolute Gasteiger partial charge is 0.508 e. The Morgan fingerprint density at radius 1 is 1.12 bits per heavy atom. The van der Waals surface area contributed by atoms with Gasteiger partial charge in [0.15, 0.2) is 0 Å². The van der Waals surface area contributed by atoms with E-state index in [-0.39, 0.29) is 11.5 Å². The molecule has 2 aliphatic heterocycles. The molecule has 0 bridgehead atoms. The Balaban J connectivity index is 1.28. The fraction of sp³-hybridized carbons (Fsp3) is 0.645. The number of aromatic nitrogens is 2. The number of nitrogens with zero attached hydrogens (tertiary/aromatic N) is 4. The van der Waals surface area contributed by atoms with E-state index < -0.39 is 5.60 Å². The second kappa shape index (κ2) is 10.7. The number of carbonyl (C=O) groups is 1. The molecule has 1 spiro atoms. The molecule has 2 saturated heterocycles. The minimum Gasteiger partial charge on any atom is -0.508 e. The smallest absolute Gasteiger partial charge is 0.410 e. The lowest BCUT2D eigenvalue weighted by atomic mass is 9.62. The average Bonchev–Trinajstić information content (AvgIpc) is 3.45. The van der Waals surface area contributed by atoms with Crippen LogP contribution in [-0.4, -0.2) is 77.0 Å². The molecule has 6 rings (SSSR count). The molecule has 2 aliphatic carbocycles. The Bertz CT molecular complexity index is 1250. The number of aromatic hydroxyl groups is 1. The molecule has 1 amide bonds. The van der Waals surface area contributed by atoms with Crippen molar-refractivity contribution in [2.75, 3.05) is 44.2 Å². The minimum absolute atomic E-state index is 0.0232. The van der Waals surface area contributed by atoms with E-state index in [1.54, 1.807) is 4.90 Å². The van der Waals surface area contributed by atoms with Crippen molar-refractivity contribution in [1.82, 2.24) is 20.2 Å². The first-order chi connectivity index (χ1) is 19.2. The second-order valence-electron chi connectivity index (χ2n) is 13.0. The van der Waals surface area contributed by atoms with E-state index in [1.165, 1.54) is 23.1 Å². The molecule has 9 heteroatoms. The van der Waals surface area contributed by atoms with Crippen LogP contribution in [-0.2, 0) is 29.4 Å². The highest BCUT2D eigenvalue weighted by molar-refractivity contribution is 5.68. The minimum atomic E-state index is -0.509. The van der Waals surface area contributed by atoms with Gasteiger partial charge in [-0.1, -0.05) is 6.07 Å². The van der Waals surface area contributed by atoms with E-state index in [0.29, 0.717) is 50.6 Å². The van der Waals surface area contributed by atoms with E-state index in [9.17, 15) is 9.90 Å². The van der Waals surface area contributed by atoms with Gasteiger partial charge in [-0.3, -0.25) is 0 Å². The summed E-state index contributed by atoms with van der Waals surface area (Å²) >= 11 is 0. The van der Waals surface area contributed by atoms with Crippen LogP contribution in [0.4, 0.5) is 10.6 Å². The van der Waals surface area contributed by atoms with Crippen LogP contribution in [0.25, 0.3) is 0 Å². The molecular formula is C31H43N5O4. The summed E-state index contributed by atoms with van der Waals surface area (Å²) in [6.07, 6.45) is 8.04. The Kier molecular flexibility index (Phi) is 7.27. The van der Waals surface area contributed by atoms with E-state index in [1.807, 2.05) is 32.9 Å². The van der Waals surface area contributed by atoms with Crippen LogP contribution < -0.4 is 15.0 Å². The van der Waals surface area contributed by atoms with Crippen molar-refractivity contribution in [3.8, 4) is 11.8 Å². The van der Waals surface area contributed by atoms with Gasteiger partial charge in [0.05, 0.1) is 5.69 Å². The third kappa shape index (κ3) is 5.57. The molecule has 40 heavy (non-hydrogen) atoms. The van der Waals surface area contributed by atoms with Crippen molar-refractivity contribution in [3.63, 3.8) is 0 Å². The third-order valence-corrected chi connectivity index (χ3v) is 8.98. The number of rotatable bonds is 4. The molecule has 216 valence electrons. The van der Waals surface area contributed by atoms with Gasteiger partial charge in [-0.25, -0.2) is 4.79 Å². The number of hydrogen-bond acceptors (Lipinski definition) is 8. The zero-order valence-corrected chi connectivity index (χ0v) is 24.2. The quantitative estimate of drug-likeness (QED) is 0.587. The Morgan fingerprint density at radius 2 is 1.95 bits per heavy atom. The molecule has 1 aromatic carbocycles. The van der Waals surface area contributed by atoms with E-state index in [4.69, 9.17) is 19.4 Å². The number of piperazine rings is 1. The van der Waals surface area contributed by atoms with E-state index in [0.717, 1.165) is 63.0 Å². The van der Waals surface area contributed by atoms with Crippen LogP contribution in [0.15, 0.2) is 18.2 Å². The van der Waals surface area contributed by atoms with Gasteiger partial charge in [-0.15, -0.1) is 0 Å². The molecule has 0 radical (unpaired) electrons. The van der Waals surface area contributed by atoms with Crippen LogP contribution in [0.1, 0.15) is 75.3 Å². The predicted molar refractivity (Wildman–Crippen MR) is 153 cm³/mol. The highest BCUT2D eigenvalue weighted by atomic mass is 16.6. The van der Waals surface area contributed by atoms with Crippen molar-refractivity contribution < 1.29 is 19.4 Å². The molecule has 2 N–H and O–H groups in total. The number of benzene rings is 1. The summed E-state index contributed by atoms with van der Waals surface area (Å²) in [5.41, 5.74) is 4.37. The van der Waals surface area contributed by atoms with E-state index >= 15 is 0 Å². The number of fused-ring (bicyclic) bond motifs is 3. The molecule has 2 aromatic rings. The molecule has 2 atom stereocenters. The fourth-order valence-electron chi connectivity index (χ4n) is 6.97. The summed E-state index contributed by atoms with van der Waals surface area (Å²) in [6.45, 7) is 9.84. The summed E-state index contributed by atoms with van der Waals surface area (Å²) in [7, 11) is 0. The van der Waals surface area contributed by atoms with Crippen LogP contribution in [0.3, 0.4) is 0 Å².